The lowest BCUT2D eigenvalue weighted by molar-refractivity contribution is 1.53. The molecular formula is C24H17ClN2. The van der Waals surface area contributed by atoms with Gasteiger partial charge < -0.3 is 10.7 Å². The maximum Gasteiger partial charge on any atom is 0.0551 e. The molecule has 1 heterocycles. The molecule has 0 amide bonds. The number of halogens is 1. The van der Waals surface area contributed by atoms with Crippen LogP contribution < -0.4 is 5.73 Å². The Hall–Kier alpha value is -3.23. The van der Waals surface area contributed by atoms with Crippen molar-refractivity contribution in [3.63, 3.8) is 0 Å². The van der Waals surface area contributed by atoms with Gasteiger partial charge in [-0.3, -0.25) is 0 Å². The molecule has 5 rings (SSSR count). The summed E-state index contributed by atoms with van der Waals surface area (Å²) < 4.78 is 0. The molecule has 0 aliphatic rings. The molecule has 0 saturated carbocycles. The van der Waals surface area contributed by atoms with E-state index in [1.54, 1.807) is 0 Å². The third-order valence-electron chi connectivity index (χ3n) is 5.07. The number of hydrogen-bond acceptors (Lipinski definition) is 1. The quantitative estimate of drug-likeness (QED) is 0.327. The highest BCUT2D eigenvalue weighted by molar-refractivity contribution is 6.30. The Balaban J connectivity index is 1.90. The van der Waals surface area contributed by atoms with Crippen molar-refractivity contribution in [3.8, 4) is 22.3 Å². The molecule has 0 aliphatic heterocycles. The first kappa shape index (κ1) is 16.0. The molecule has 130 valence electrons. The molecule has 3 heteroatoms. The summed E-state index contributed by atoms with van der Waals surface area (Å²) in [4.78, 5) is 3.61. The third-order valence-corrected chi connectivity index (χ3v) is 5.32. The maximum absolute atomic E-state index is 6.28. The van der Waals surface area contributed by atoms with E-state index < -0.39 is 0 Å². The van der Waals surface area contributed by atoms with E-state index in [1.807, 2.05) is 30.3 Å². The molecule has 5 aromatic rings. The largest absolute Gasteiger partial charge is 0.398 e. The van der Waals surface area contributed by atoms with Crippen LogP contribution in [0.25, 0.3) is 44.1 Å². The summed E-state index contributed by atoms with van der Waals surface area (Å²) in [5.41, 5.74) is 13.7. The van der Waals surface area contributed by atoms with Crippen LogP contribution in [0.5, 0.6) is 0 Å². The van der Waals surface area contributed by atoms with Crippen LogP contribution in [0.1, 0.15) is 0 Å². The minimum absolute atomic E-state index is 0.739. The first-order valence-corrected chi connectivity index (χ1v) is 9.24. The molecule has 0 bridgehead atoms. The van der Waals surface area contributed by atoms with Crippen LogP contribution in [0.15, 0.2) is 84.9 Å². The van der Waals surface area contributed by atoms with Crippen LogP contribution in [-0.4, -0.2) is 4.98 Å². The van der Waals surface area contributed by atoms with Crippen molar-refractivity contribution in [3.05, 3.63) is 90.0 Å². The van der Waals surface area contributed by atoms with Crippen molar-refractivity contribution in [2.45, 2.75) is 0 Å². The Morgan fingerprint density at radius 2 is 1.37 bits per heavy atom. The topological polar surface area (TPSA) is 41.8 Å². The lowest BCUT2D eigenvalue weighted by Gasteiger charge is -2.11. The SMILES string of the molecule is Nc1ccccc1-c1ccc(-c2ccc(Cl)cc2)c2c1[nH]c1ccccc12. The molecular weight excluding hydrogens is 352 g/mol. The summed E-state index contributed by atoms with van der Waals surface area (Å²) in [6.45, 7) is 0. The molecule has 0 saturated heterocycles. The predicted molar refractivity (Wildman–Crippen MR) is 116 cm³/mol. The van der Waals surface area contributed by atoms with Gasteiger partial charge in [0.15, 0.2) is 0 Å². The Kier molecular flexibility index (Phi) is 3.66. The van der Waals surface area contributed by atoms with E-state index in [2.05, 4.69) is 59.6 Å². The van der Waals surface area contributed by atoms with Gasteiger partial charge in [-0.1, -0.05) is 72.3 Å². The second-order valence-electron chi connectivity index (χ2n) is 6.68. The second kappa shape index (κ2) is 6.19. The van der Waals surface area contributed by atoms with Crippen molar-refractivity contribution < 1.29 is 0 Å². The molecule has 4 aromatic carbocycles. The number of anilines is 1. The summed E-state index contributed by atoms with van der Waals surface area (Å²) >= 11 is 6.09. The smallest absolute Gasteiger partial charge is 0.0551 e. The Labute approximate surface area is 162 Å². The van der Waals surface area contributed by atoms with Crippen LogP contribution in [0.4, 0.5) is 5.69 Å². The first-order chi connectivity index (χ1) is 13.2. The number of hydrogen-bond donors (Lipinski definition) is 2. The summed E-state index contributed by atoms with van der Waals surface area (Å²) in [6.07, 6.45) is 0. The molecule has 0 spiro atoms. The normalized spacial score (nSPS) is 11.3. The fourth-order valence-corrected chi connectivity index (χ4v) is 3.92. The lowest BCUT2D eigenvalue weighted by atomic mass is 9.94. The number of nitrogens with one attached hydrogen (secondary N) is 1. The van der Waals surface area contributed by atoms with E-state index in [1.165, 1.54) is 16.3 Å². The molecule has 0 unspecified atom stereocenters. The van der Waals surface area contributed by atoms with E-state index >= 15 is 0 Å². The van der Waals surface area contributed by atoms with Gasteiger partial charge in [-0.05, 0) is 35.4 Å². The van der Waals surface area contributed by atoms with Gasteiger partial charge in [0.05, 0.1) is 5.52 Å². The minimum Gasteiger partial charge on any atom is -0.398 e. The average Bonchev–Trinajstić information content (AvgIpc) is 3.08. The number of nitrogens with two attached hydrogens (primary N) is 1. The van der Waals surface area contributed by atoms with Gasteiger partial charge >= 0.3 is 0 Å². The van der Waals surface area contributed by atoms with Gasteiger partial charge in [0, 0.05) is 38.1 Å². The van der Waals surface area contributed by atoms with Crippen molar-refractivity contribution in [1.29, 1.82) is 0 Å². The number of rotatable bonds is 2. The van der Waals surface area contributed by atoms with Crippen LogP contribution in [0.3, 0.4) is 0 Å². The van der Waals surface area contributed by atoms with Gasteiger partial charge in [-0.15, -0.1) is 0 Å². The van der Waals surface area contributed by atoms with Gasteiger partial charge in [-0.25, -0.2) is 0 Å². The van der Waals surface area contributed by atoms with Gasteiger partial charge in [0.2, 0.25) is 0 Å². The second-order valence-corrected chi connectivity index (χ2v) is 7.11. The van der Waals surface area contributed by atoms with E-state index in [4.69, 9.17) is 17.3 Å². The number of aromatic nitrogens is 1. The summed E-state index contributed by atoms with van der Waals surface area (Å²) in [6, 6.07) is 28.7. The summed E-state index contributed by atoms with van der Waals surface area (Å²) in [5.74, 6) is 0. The molecule has 2 nitrogen and oxygen atoms in total. The molecule has 0 radical (unpaired) electrons. The standard InChI is InChI=1S/C24H17ClN2/c25-16-11-9-15(10-12-16)17-13-14-19(18-5-1-3-7-21(18)26)24-23(17)20-6-2-4-8-22(20)27-24/h1-14,27H,26H2. The van der Waals surface area contributed by atoms with Crippen molar-refractivity contribution in [1.82, 2.24) is 4.98 Å². The zero-order chi connectivity index (χ0) is 18.4. The van der Waals surface area contributed by atoms with E-state index in [0.29, 0.717) is 0 Å². The molecule has 1 aromatic heterocycles. The van der Waals surface area contributed by atoms with Crippen molar-refractivity contribution >= 4 is 39.1 Å². The van der Waals surface area contributed by atoms with Crippen LogP contribution in [-0.2, 0) is 0 Å². The van der Waals surface area contributed by atoms with Crippen molar-refractivity contribution in [2.75, 3.05) is 5.73 Å². The fraction of sp³-hybridized carbons (Fsp3) is 0. The van der Waals surface area contributed by atoms with Crippen LogP contribution >= 0.6 is 11.6 Å². The minimum atomic E-state index is 0.739. The summed E-state index contributed by atoms with van der Waals surface area (Å²) in [5, 5.41) is 3.14. The Morgan fingerprint density at radius 3 is 2.19 bits per heavy atom. The molecule has 3 N–H and O–H groups in total. The van der Waals surface area contributed by atoms with Gasteiger partial charge in [0.25, 0.3) is 0 Å². The van der Waals surface area contributed by atoms with Crippen molar-refractivity contribution in [2.24, 2.45) is 0 Å². The zero-order valence-corrected chi connectivity index (χ0v) is 15.3. The predicted octanol–water partition coefficient (Wildman–Crippen LogP) is 6.89. The third kappa shape index (κ3) is 2.57. The number of fused-ring (bicyclic) bond motifs is 3. The molecule has 0 fully saturated rings. The molecule has 27 heavy (non-hydrogen) atoms. The van der Waals surface area contributed by atoms with Crippen LogP contribution in [0, 0.1) is 0 Å². The van der Waals surface area contributed by atoms with E-state index in [-0.39, 0.29) is 0 Å². The van der Waals surface area contributed by atoms with E-state index in [9.17, 15) is 0 Å². The number of benzene rings is 4. The number of aromatic amines is 1. The van der Waals surface area contributed by atoms with E-state index in [0.717, 1.165) is 38.4 Å². The van der Waals surface area contributed by atoms with Gasteiger partial charge in [0.1, 0.15) is 0 Å². The highest BCUT2D eigenvalue weighted by atomic mass is 35.5. The van der Waals surface area contributed by atoms with Gasteiger partial charge in [-0.2, -0.15) is 0 Å². The lowest BCUT2D eigenvalue weighted by Crippen LogP contribution is -1.91. The van der Waals surface area contributed by atoms with Crippen LogP contribution in [0.2, 0.25) is 5.02 Å². The Bertz CT molecular complexity index is 1280. The molecule has 0 atom stereocenters. The number of H-pyrrole nitrogens is 1. The monoisotopic (exact) mass is 368 g/mol. The number of para-hydroxylation sites is 2. The average molecular weight is 369 g/mol. The fourth-order valence-electron chi connectivity index (χ4n) is 3.79. The number of nitrogen functional groups attached to an aromatic ring is 1. The maximum atomic E-state index is 6.28. The highest BCUT2D eigenvalue weighted by Gasteiger charge is 2.15. The first-order valence-electron chi connectivity index (χ1n) is 8.86. The Morgan fingerprint density at radius 1 is 0.667 bits per heavy atom. The zero-order valence-electron chi connectivity index (χ0n) is 14.5. The summed E-state index contributed by atoms with van der Waals surface area (Å²) in [7, 11) is 0. The molecule has 0 aliphatic carbocycles. The highest BCUT2D eigenvalue weighted by Crippen LogP contribution is 2.41.